The van der Waals surface area contributed by atoms with Gasteiger partial charge in [0.1, 0.15) is 0 Å². The van der Waals surface area contributed by atoms with E-state index in [4.69, 9.17) is 0 Å². The lowest BCUT2D eigenvalue weighted by molar-refractivity contribution is 0.301. The van der Waals surface area contributed by atoms with Gasteiger partial charge in [-0.2, -0.15) is 0 Å². The molecule has 1 fully saturated rings. The van der Waals surface area contributed by atoms with Gasteiger partial charge in [0.25, 0.3) is 0 Å². The van der Waals surface area contributed by atoms with E-state index in [0.717, 1.165) is 19.6 Å². The van der Waals surface area contributed by atoms with Gasteiger partial charge in [-0.25, -0.2) is 5.01 Å². The number of rotatable bonds is 2. The van der Waals surface area contributed by atoms with Crippen LogP contribution < -0.4 is 5.01 Å². The normalized spacial score (nSPS) is 23.3. The van der Waals surface area contributed by atoms with Gasteiger partial charge in [-0.1, -0.05) is 54.6 Å². The lowest BCUT2D eigenvalue weighted by Crippen LogP contribution is -2.40. The molecule has 0 spiro atoms. The standard InChI is InChI=1S/C20H22N2/c1-15-7-9-17(10-8-15)13-22-20-6-4-3-5-19(20)16(2)18-11-12-21(22)14-18/h3-10,18H,2,11-14H2,1H3. The number of aryl methyl sites for hydroxylation is 1. The number of hydrazine groups is 1. The summed E-state index contributed by atoms with van der Waals surface area (Å²) >= 11 is 0. The van der Waals surface area contributed by atoms with E-state index in [1.807, 2.05) is 0 Å². The molecule has 4 rings (SSSR count). The van der Waals surface area contributed by atoms with Gasteiger partial charge in [-0.3, -0.25) is 0 Å². The van der Waals surface area contributed by atoms with E-state index >= 15 is 0 Å². The molecule has 0 aromatic heterocycles. The van der Waals surface area contributed by atoms with Crippen molar-refractivity contribution in [3.05, 3.63) is 71.8 Å². The van der Waals surface area contributed by atoms with E-state index in [2.05, 4.69) is 72.1 Å². The minimum absolute atomic E-state index is 0.601. The molecule has 0 aliphatic carbocycles. The van der Waals surface area contributed by atoms with Crippen LogP contribution in [0.5, 0.6) is 0 Å². The van der Waals surface area contributed by atoms with E-state index in [1.54, 1.807) is 0 Å². The highest BCUT2D eigenvalue weighted by Gasteiger charge is 2.34. The van der Waals surface area contributed by atoms with Crippen molar-refractivity contribution in [2.24, 2.45) is 5.92 Å². The van der Waals surface area contributed by atoms with Crippen molar-refractivity contribution in [3.8, 4) is 0 Å². The van der Waals surface area contributed by atoms with Crippen LogP contribution >= 0.6 is 0 Å². The van der Waals surface area contributed by atoms with Crippen molar-refractivity contribution < 1.29 is 0 Å². The van der Waals surface area contributed by atoms with Gasteiger partial charge >= 0.3 is 0 Å². The Morgan fingerprint density at radius 2 is 1.86 bits per heavy atom. The van der Waals surface area contributed by atoms with Crippen molar-refractivity contribution in [3.63, 3.8) is 0 Å². The third kappa shape index (κ3) is 2.24. The maximum Gasteiger partial charge on any atom is 0.0601 e. The van der Waals surface area contributed by atoms with Crippen molar-refractivity contribution in [2.75, 3.05) is 18.1 Å². The Balaban J connectivity index is 1.74. The zero-order chi connectivity index (χ0) is 15.1. The maximum absolute atomic E-state index is 4.39. The molecule has 22 heavy (non-hydrogen) atoms. The fourth-order valence-corrected chi connectivity index (χ4v) is 3.64. The van der Waals surface area contributed by atoms with Crippen LogP contribution in [0.3, 0.4) is 0 Å². The molecule has 2 aliphatic rings. The summed E-state index contributed by atoms with van der Waals surface area (Å²) in [5.41, 5.74) is 6.60. The molecule has 0 amide bonds. The Labute approximate surface area is 132 Å². The molecule has 2 heterocycles. The second kappa shape index (κ2) is 5.29. The minimum atomic E-state index is 0.601. The molecule has 2 nitrogen and oxygen atoms in total. The van der Waals surface area contributed by atoms with Gasteiger partial charge < -0.3 is 5.01 Å². The predicted octanol–water partition coefficient (Wildman–Crippen LogP) is 4.27. The Hall–Kier alpha value is -2.06. The quantitative estimate of drug-likeness (QED) is 0.815. The Morgan fingerprint density at radius 1 is 1.09 bits per heavy atom. The molecule has 2 atom stereocenters. The second-order valence-corrected chi connectivity index (χ2v) is 6.48. The Morgan fingerprint density at radius 3 is 2.68 bits per heavy atom. The summed E-state index contributed by atoms with van der Waals surface area (Å²) in [6.45, 7) is 9.69. The lowest BCUT2D eigenvalue weighted by Gasteiger charge is -2.34. The van der Waals surface area contributed by atoms with Crippen LogP contribution in [0.4, 0.5) is 5.69 Å². The van der Waals surface area contributed by atoms with Crippen molar-refractivity contribution in [1.29, 1.82) is 0 Å². The summed E-state index contributed by atoms with van der Waals surface area (Å²) in [7, 11) is 0. The first-order valence-electron chi connectivity index (χ1n) is 8.08. The largest absolute Gasteiger partial charge is 0.301 e. The Bertz CT molecular complexity index is 702. The fraction of sp³-hybridized carbons (Fsp3) is 0.300. The second-order valence-electron chi connectivity index (χ2n) is 6.48. The minimum Gasteiger partial charge on any atom is -0.301 e. The molecule has 2 aliphatic heterocycles. The van der Waals surface area contributed by atoms with Gasteiger partial charge in [0.2, 0.25) is 0 Å². The smallest absolute Gasteiger partial charge is 0.0601 e. The molecular weight excluding hydrogens is 268 g/mol. The molecule has 2 unspecified atom stereocenters. The van der Waals surface area contributed by atoms with Crippen LogP contribution in [0.1, 0.15) is 23.1 Å². The molecule has 2 bridgehead atoms. The molecule has 1 saturated heterocycles. The number of hydrogen-bond acceptors (Lipinski definition) is 2. The van der Waals surface area contributed by atoms with E-state index < -0.39 is 0 Å². The number of nitrogens with zero attached hydrogens (tertiary/aromatic N) is 2. The maximum atomic E-state index is 4.39. The van der Waals surface area contributed by atoms with Gasteiger partial charge in [0.05, 0.1) is 12.2 Å². The monoisotopic (exact) mass is 290 g/mol. The zero-order valence-electron chi connectivity index (χ0n) is 13.1. The van der Waals surface area contributed by atoms with Crippen LogP contribution in [-0.2, 0) is 6.54 Å². The molecule has 0 radical (unpaired) electrons. The van der Waals surface area contributed by atoms with Gasteiger partial charge in [0.15, 0.2) is 0 Å². The van der Waals surface area contributed by atoms with Crippen LogP contribution in [0.25, 0.3) is 5.57 Å². The summed E-state index contributed by atoms with van der Waals surface area (Å²) in [5, 5.41) is 4.96. The number of fused-ring (bicyclic) bond motifs is 3. The molecular formula is C20H22N2. The Kier molecular flexibility index (Phi) is 3.27. The number of anilines is 1. The summed E-state index contributed by atoms with van der Waals surface area (Å²) in [4.78, 5) is 0. The molecule has 112 valence electrons. The van der Waals surface area contributed by atoms with E-state index in [1.165, 1.54) is 34.4 Å². The topological polar surface area (TPSA) is 6.48 Å². The first kappa shape index (κ1) is 13.6. The van der Waals surface area contributed by atoms with Crippen molar-refractivity contribution in [1.82, 2.24) is 5.01 Å². The fourth-order valence-electron chi connectivity index (χ4n) is 3.64. The first-order valence-corrected chi connectivity index (χ1v) is 8.08. The highest BCUT2D eigenvalue weighted by Crippen LogP contribution is 2.41. The summed E-state index contributed by atoms with van der Waals surface area (Å²) < 4.78 is 0. The molecule has 2 aromatic carbocycles. The highest BCUT2D eigenvalue weighted by molar-refractivity contribution is 5.78. The van der Waals surface area contributed by atoms with Crippen molar-refractivity contribution >= 4 is 11.3 Å². The van der Waals surface area contributed by atoms with Gasteiger partial charge in [-0.05, 0) is 36.5 Å². The van der Waals surface area contributed by atoms with Crippen LogP contribution in [0, 0.1) is 12.8 Å². The zero-order valence-corrected chi connectivity index (χ0v) is 13.1. The average molecular weight is 290 g/mol. The summed E-state index contributed by atoms with van der Waals surface area (Å²) in [6.07, 6.45) is 1.22. The van der Waals surface area contributed by atoms with Crippen LogP contribution in [-0.4, -0.2) is 18.1 Å². The molecule has 2 heteroatoms. The van der Waals surface area contributed by atoms with Crippen LogP contribution in [0.2, 0.25) is 0 Å². The van der Waals surface area contributed by atoms with E-state index in [0.29, 0.717) is 5.92 Å². The van der Waals surface area contributed by atoms with Gasteiger partial charge in [0, 0.05) is 18.7 Å². The third-order valence-corrected chi connectivity index (χ3v) is 4.98. The van der Waals surface area contributed by atoms with Gasteiger partial charge in [-0.15, -0.1) is 0 Å². The summed E-state index contributed by atoms with van der Waals surface area (Å²) in [5.74, 6) is 0.601. The SMILES string of the molecule is C=C1c2ccccc2N(Cc2ccc(C)cc2)N2CCC1C2. The van der Waals surface area contributed by atoms with E-state index in [-0.39, 0.29) is 0 Å². The predicted molar refractivity (Wildman–Crippen MR) is 92.5 cm³/mol. The number of para-hydroxylation sites is 1. The van der Waals surface area contributed by atoms with E-state index in [9.17, 15) is 0 Å². The highest BCUT2D eigenvalue weighted by atomic mass is 15.6. The van der Waals surface area contributed by atoms with Crippen molar-refractivity contribution in [2.45, 2.75) is 19.9 Å². The average Bonchev–Trinajstić information content (AvgIpc) is 2.99. The first-order chi connectivity index (χ1) is 10.7. The molecule has 0 N–H and O–H groups in total. The molecule has 0 saturated carbocycles. The lowest BCUT2D eigenvalue weighted by atomic mass is 9.92. The number of hydrogen-bond donors (Lipinski definition) is 0. The third-order valence-electron chi connectivity index (χ3n) is 4.98. The number of benzene rings is 2. The van der Waals surface area contributed by atoms with Crippen LogP contribution in [0.15, 0.2) is 55.1 Å². The molecule has 2 aromatic rings. The summed E-state index contributed by atoms with van der Waals surface area (Å²) in [6, 6.07) is 17.6.